The molecule has 2 rings (SSSR count). The lowest BCUT2D eigenvalue weighted by atomic mass is 9.91. The molecule has 0 spiro atoms. The first-order valence-electron chi connectivity index (χ1n) is 7.63. The molecule has 0 aliphatic rings. The van der Waals surface area contributed by atoms with Gasteiger partial charge in [-0.25, -0.2) is 0 Å². The highest BCUT2D eigenvalue weighted by Crippen LogP contribution is 2.30. The number of pyridine rings is 1. The number of hydrogen-bond donors (Lipinski definition) is 1. The van der Waals surface area contributed by atoms with Gasteiger partial charge in [0.25, 0.3) is 0 Å². The molecule has 3 nitrogen and oxygen atoms in total. The lowest BCUT2D eigenvalue weighted by Crippen LogP contribution is -2.26. The average Bonchev–Trinajstić information content (AvgIpc) is 2.54. The summed E-state index contributed by atoms with van der Waals surface area (Å²) in [5.41, 5.74) is 2.37. The molecule has 2 aromatic rings. The van der Waals surface area contributed by atoms with Crippen molar-refractivity contribution in [2.45, 2.75) is 32.7 Å². The Morgan fingerprint density at radius 3 is 2.43 bits per heavy atom. The minimum Gasteiger partial charge on any atom is -0.494 e. The van der Waals surface area contributed by atoms with E-state index in [9.17, 15) is 0 Å². The molecule has 2 atom stereocenters. The third kappa shape index (κ3) is 4.05. The molecule has 1 heterocycles. The molecule has 21 heavy (non-hydrogen) atoms. The molecule has 0 radical (unpaired) electrons. The van der Waals surface area contributed by atoms with Gasteiger partial charge in [0.15, 0.2) is 0 Å². The second-order valence-corrected chi connectivity index (χ2v) is 5.08. The summed E-state index contributed by atoms with van der Waals surface area (Å²) in [6, 6.07) is 14.7. The monoisotopic (exact) mass is 284 g/mol. The fraction of sp³-hybridized carbons (Fsp3) is 0.389. The van der Waals surface area contributed by atoms with Gasteiger partial charge in [-0.1, -0.05) is 32.0 Å². The maximum absolute atomic E-state index is 5.51. The van der Waals surface area contributed by atoms with Gasteiger partial charge in [-0.2, -0.15) is 0 Å². The van der Waals surface area contributed by atoms with E-state index in [2.05, 4.69) is 42.3 Å². The van der Waals surface area contributed by atoms with Crippen LogP contribution in [-0.4, -0.2) is 18.1 Å². The average molecular weight is 284 g/mol. The van der Waals surface area contributed by atoms with Gasteiger partial charge in [-0.15, -0.1) is 0 Å². The van der Waals surface area contributed by atoms with Crippen LogP contribution in [0.2, 0.25) is 0 Å². The van der Waals surface area contributed by atoms with Crippen molar-refractivity contribution in [1.29, 1.82) is 0 Å². The van der Waals surface area contributed by atoms with E-state index in [1.165, 1.54) is 5.56 Å². The van der Waals surface area contributed by atoms with E-state index < -0.39 is 0 Å². The first-order chi connectivity index (χ1) is 10.3. The zero-order valence-electron chi connectivity index (χ0n) is 13.0. The number of ether oxygens (including phenoxy) is 1. The molecule has 0 amide bonds. The first kappa shape index (κ1) is 15.5. The zero-order chi connectivity index (χ0) is 15.1. The van der Waals surface area contributed by atoms with Gasteiger partial charge in [0.1, 0.15) is 5.75 Å². The summed E-state index contributed by atoms with van der Waals surface area (Å²) in [5.74, 6) is 1.23. The molecule has 0 aliphatic carbocycles. The van der Waals surface area contributed by atoms with Crippen LogP contribution in [-0.2, 0) is 0 Å². The number of benzene rings is 1. The second kappa shape index (κ2) is 7.79. The van der Waals surface area contributed by atoms with Crippen molar-refractivity contribution in [1.82, 2.24) is 10.3 Å². The summed E-state index contributed by atoms with van der Waals surface area (Å²) in [7, 11) is 0. The van der Waals surface area contributed by atoms with Gasteiger partial charge in [0.05, 0.1) is 6.61 Å². The summed E-state index contributed by atoms with van der Waals surface area (Å²) < 4.78 is 5.51. The normalized spacial score (nSPS) is 13.7. The van der Waals surface area contributed by atoms with Crippen molar-refractivity contribution < 1.29 is 4.74 Å². The molecular weight excluding hydrogens is 260 g/mol. The Kier molecular flexibility index (Phi) is 5.76. The first-order valence-corrected chi connectivity index (χ1v) is 7.63. The molecule has 0 fully saturated rings. The molecule has 0 bridgehead atoms. The number of likely N-dealkylation sites (N-methyl/N-ethyl adjacent to an activating group) is 1. The van der Waals surface area contributed by atoms with Gasteiger partial charge in [-0.3, -0.25) is 4.98 Å². The highest BCUT2D eigenvalue weighted by molar-refractivity contribution is 5.31. The smallest absolute Gasteiger partial charge is 0.119 e. The molecule has 0 saturated heterocycles. The Hall–Kier alpha value is -1.87. The van der Waals surface area contributed by atoms with Crippen LogP contribution in [0.4, 0.5) is 0 Å². The standard InChI is InChI=1S/C18H24N2O/c1-4-19-18(14(3)17-8-6-7-13-20-17)15-9-11-16(12-10-15)21-5-2/h6-14,18-19H,4-5H2,1-3H3. The van der Waals surface area contributed by atoms with Crippen molar-refractivity contribution in [3.8, 4) is 5.75 Å². The number of hydrogen-bond acceptors (Lipinski definition) is 3. The number of nitrogens with zero attached hydrogens (tertiary/aromatic N) is 1. The number of rotatable bonds is 7. The highest BCUT2D eigenvalue weighted by Gasteiger charge is 2.20. The molecular formula is C18H24N2O. The van der Waals surface area contributed by atoms with Gasteiger partial charge in [0, 0.05) is 23.9 Å². The maximum atomic E-state index is 5.51. The van der Waals surface area contributed by atoms with Gasteiger partial charge in [0.2, 0.25) is 0 Å². The molecule has 0 saturated carbocycles. The third-order valence-electron chi connectivity index (χ3n) is 3.63. The van der Waals surface area contributed by atoms with Crippen molar-refractivity contribution >= 4 is 0 Å². The van der Waals surface area contributed by atoms with E-state index in [1.54, 1.807) is 0 Å². The van der Waals surface area contributed by atoms with E-state index in [0.29, 0.717) is 12.5 Å². The van der Waals surface area contributed by atoms with E-state index in [1.807, 2.05) is 37.4 Å². The van der Waals surface area contributed by atoms with Crippen LogP contribution >= 0.6 is 0 Å². The lowest BCUT2D eigenvalue weighted by Gasteiger charge is -2.25. The highest BCUT2D eigenvalue weighted by atomic mass is 16.5. The Bertz CT molecular complexity index is 525. The quantitative estimate of drug-likeness (QED) is 0.836. The van der Waals surface area contributed by atoms with Crippen molar-refractivity contribution in [2.75, 3.05) is 13.2 Å². The fourth-order valence-corrected chi connectivity index (χ4v) is 2.56. The van der Waals surface area contributed by atoms with Crippen LogP contribution in [0.25, 0.3) is 0 Å². The van der Waals surface area contributed by atoms with E-state index in [0.717, 1.165) is 18.0 Å². The molecule has 1 N–H and O–H groups in total. The minimum atomic E-state index is 0.251. The van der Waals surface area contributed by atoms with Crippen LogP contribution < -0.4 is 10.1 Å². The predicted molar refractivity (Wildman–Crippen MR) is 86.7 cm³/mol. The van der Waals surface area contributed by atoms with Crippen LogP contribution in [0.1, 0.15) is 44.0 Å². The topological polar surface area (TPSA) is 34.1 Å². The number of nitrogens with one attached hydrogen (secondary N) is 1. The summed E-state index contributed by atoms with van der Waals surface area (Å²) in [4.78, 5) is 4.49. The minimum absolute atomic E-state index is 0.251. The molecule has 112 valence electrons. The predicted octanol–water partition coefficient (Wildman–Crippen LogP) is 3.93. The Morgan fingerprint density at radius 2 is 1.86 bits per heavy atom. The van der Waals surface area contributed by atoms with E-state index in [4.69, 9.17) is 4.74 Å². The Balaban J connectivity index is 2.21. The third-order valence-corrected chi connectivity index (χ3v) is 3.63. The SMILES string of the molecule is CCNC(c1ccc(OCC)cc1)C(C)c1ccccn1. The van der Waals surface area contributed by atoms with Gasteiger partial charge >= 0.3 is 0 Å². The zero-order valence-corrected chi connectivity index (χ0v) is 13.0. The summed E-state index contributed by atoms with van der Waals surface area (Å²) in [5, 5.41) is 3.57. The summed E-state index contributed by atoms with van der Waals surface area (Å²) in [6.45, 7) is 7.96. The largest absolute Gasteiger partial charge is 0.494 e. The van der Waals surface area contributed by atoms with Gasteiger partial charge < -0.3 is 10.1 Å². The van der Waals surface area contributed by atoms with Crippen molar-refractivity contribution in [3.05, 3.63) is 59.9 Å². The molecule has 2 unspecified atom stereocenters. The molecule has 0 aliphatic heterocycles. The van der Waals surface area contributed by atoms with Gasteiger partial charge in [-0.05, 0) is 43.3 Å². The van der Waals surface area contributed by atoms with E-state index >= 15 is 0 Å². The molecule has 1 aromatic heterocycles. The van der Waals surface area contributed by atoms with Crippen LogP contribution in [0, 0.1) is 0 Å². The Labute approximate surface area is 127 Å². The molecule has 1 aromatic carbocycles. The Morgan fingerprint density at radius 1 is 1.10 bits per heavy atom. The fourth-order valence-electron chi connectivity index (χ4n) is 2.56. The summed E-state index contributed by atoms with van der Waals surface area (Å²) >= 11 is 0. The van der Waals surface area contributed by atoms with Crippen LogP contribution in [0.15, 0.2) is 48.7 Å². The van der Waals surface area contributed by atoms with E-state index in [-0.39, 0.29) is 6.04 Å². The van der Waals surface area contributed by atoms with Crippen LogP contribution in [0.3, 0.4) is 0 Å². The number of aromatic nitrogens is 1. The summed E-state index contributed by atoms with van der Waals surface area (Å²) in [6.07, 6.45) is 1.85. The van der Waals surface area contributed by atoms with Crippen molar-refractivity contribution in [2.24, 2.45) is 0 Å². The lowest BCUT2D eigenvalue weighted by molar-refractivity contribution is 0.340. The second-order valence-electron chi connectivity index (χ2n) is 5.08. The molecule has 3 heteroatoms. The van der Waals surface area contributed by atoms with Crippen molar-refractivity contribution in [3.63, 3.8) is 0 Å². The van der Waals surface area contributed by atoms with Crippen LogP contribution in [0.5, 0.6) is 5.75 Å². The maximum Gasteiger partial charge on any atom is 0.119 e.